The summed E-state index contributed by atoms with van der Waals surface area (Å²) in [5.74, 6) is -0.116. The number of likely N-dealkylation sites (tertiary alicyclic amines) is 1. The third-order valence-corrected chi connectivity index (χ3v) is 4.17. The standard InChI is InChI=1S/C13H23N3O3/c1-10(2)15-7-4-13(5-8-15)11(18)16(6-3-9-17)12(19)14-13/h10,17H,3-9H2,1-2H3,(H,14,19). The first kappa shape index (κ1) is 14.3. The summed E-state index contributed by atoms with van der Waals surface area (Å²) in [5, 5.41) is 11.7. The fourth-order valence-electron chi connectivity index (χ4n) is 2.87. The lowest BCUT2D eigenvalue weighted by Crippen LogP contribution is -2.56. The van der Waals surface area contributed by atoms with E-state index in [9.17, 15) is 9.59 Å². The minimum absolute atomic E-state index is 0.00874. The van der Waals surface area contributed by atoms with Crippen molar-refractivity contribution >= 4 is 11.9 Å². The maximum atomic E-state index is 12.4. The van der Waals surface area contributed by atoms with Crippen molar-refractivity contribution in [2.24, 2.45) is 0 Å². The molecular weight excluding hydrogens is 246 g/mol. The van der Waals surface area contributed by atoms with E-state index < -0.39 is 5.54 Å². The average molecular weight is 269 g/mol. The van der Waals surface area contributed by atoms with Crippen molar-refractivity contribution < 1.29 is 14.7 Å². The number of carbonyl (C=O) groups excluding carboxylic acids is 2. The van der Waals surface area contributed by atoms with Crippen molar-refractivity contribution in [1.29, 1.82) is 0 Å². The normalized spacial score (nSPS) is 23.5. The summed E-state index contributed by atoms with van der Waals surface area (Å²) in [6.07, 6.45) is 1.78. The molecule has 0 saturated carbocycles. The van der Waals surface area contributed by atoms with Crippen LogP contribution in [0.5, 0.6) is 0 Å². The average Bonchev–Trinajstić information content (AvgIpc) is 2.60. The second-order valence-electron chi connectivity index (χ2n) is 5.68. The zero-order chi connectivity index (χ0) is 14.0. The summed E-state index contributed by atoms with van der Waals surface area (Å²) in [4.78, 5) is 27.9. The molecule has 0 unspecified atom stereocenters. The van der Waals surface area contributed by atoms with Crippen molar-refractivity contribution in [3.05, 3.63) is 0 Å². The van der Waals surface area contributed by atoms with Gasteiger partial charge in [0.05, 0.1) is 0 Å². The molecule has 2 heterocycles. The number of nitrogens with zero attached hydrogens (tertiary/aromatic N) is 2. The first-order valence-corrected chi connectivity index (χ1v) is 6.99. The molecule has 2 aliphatic heterocycles. The Labute approximate surface area is 113 Å². The van der Waals surface area contributed by atoms with Crippen LogP contribution in [0, 0.1) is 0 Å². The molecular formula is C13H23N3O3. The monoisotopic (exact) mass is 269 g/mol. The summed E-state index contributed by atoms with van der Waals surface area (Å²) >= 11 is 0. The minimum Gasteiger partial charge on any atom is -0.396 e. The highest BCUT2D eigenvalue weighted by Gasteiger charge is 2.52. The number of urea groups is 1. The maximum absolute atomic E-state index is 12.4. The minimum atomic E-state index is -0.696. The van der Waals surface area contributed by atoms with Gasteiger partial charge in [0.2, 0.25) is 0 Å². The Hall–Kier alpha value is -1.14. The fraction of sp³-hybridized carbons (Fsp3) is 0.846. The van der Waals surface area contributed by atoms with Crippen LogP contribution in [0.2, 0.25) is 0 Å². The second-order valence-corrected chi connectivity index (χ2v) is 5.68. The van der Waals surface area contributed by atoms with Crippen LogP contribution < -0.4 is 5.32 Å². The van der Waals surface area contributed by atoms with Gasteiger partial charge in [-0.05, 0) is 33.1 Å². The van der Waals surface area contributed by atoms with Gasteiger partial charge in [0, 0.05) is 32.3 Å². The van der Waals surface area contributed by atoms with Crippen LogP contribution in [0.25, 0.3) is 0 Å². The second kappa shape index (κ2) is 5.46. The topological polar surface area (TPSA) is 72.9 Å². The van der Waals surface area contributed by atoms with Crippen LogP contribution in [-0.2, 0) is 4.79 Å². The molecule has 2 saturated heterocycles. The summed E-state index contributed by atoms with van der Waals surface area (Å²) < 4.78 is 0. The van der Waals surface area contributed by atoms with Crippen LogP contribution >= 0.6 is 0 Å². The first-order chi connectivity index (χ1) is 9.00. The Morgan fingerprint density at radius 2 is 1.95 bits per heavy atom. The predicted molar refractivity (Wildman–Crippen MR) is 70.6 cm³/mol. The molecule has 3 amide bonds. The molecule has 6 nitrogen and oxygen atoms in total. The molecule has 0 atom stereocenters. The molecule has 2 aliphatic rings. The van der Waals surface area contributed by atoms with Gasteiger partial charge in [-0.15, -0.1) is 0 Å². The lowest BCUT2D eigenvalue weighted by molar-refractivity contribution is -0.133. The molecule has 108 valence electrons. The summed E-state index contributed by atoms with van der Waals surface area (Å²) in [6, 6.07) is 0.159. The molecule has 2 fully saturated rings. The van der Waals surface area contributed by atoms with Gasteiger partial charge >= 0.3 is 6.03 Å². The smallest absolute Gasteiger partial charge is 0.325 e. The Morgan fingerprint density at radius 1 is 1.32 bits per heavy atom. The Bertz CT molecular complexity index is 362. The number of amides is 3. The molecule has 2 rings (SSSR count). The summed E-state index contributed by atoms with van der Waals surface area (Å²) in [7, 11) is 0. The van der Waals surface area contributed by atoms with E-state index in [0.717, 1.165) is 13.1 Å². The summed E-state index contributed by atoms with van der Waals surface area (Å²) in [5.41, 5.74) is -0.696. The van der Waals surface area contributed by atoms with Gasteiger partial charge in [0.1, 0.15) is 5.54 Å². The molecule has 0 aromatic heterocycles. The number of hydrogen-bond donors (Lipinski definition) is 2. The Balaban J connectivity index is 2.02. The van der Waals surface area contributed by atoms with Gasteiger partial charge in [-0.25, -0.2) is 4.79 Å². The molecule has 6 heteroatoms. The summed E-state index contributed by atoms with van der Waals surface area (Å²) in [6.45, 7) is 6.23. The van der Waals surface area contributed by atoms with E-state index in [-0.39, 0.29) is 18.5 Å². The number of imide groups is 1. The number of rotatable bonds is 4. The van der Waals surface area contributed by atoms with Gasteiger partial charge in [0.15, 0.2) is 0 Å². The third kappa shape index (κ3) is 2.60. The fourth-order valence-corrected chi connectivity index (χ4v) is 2.87. The van der Waals surface area contributed by atoms with Crippen LogP contribution in [0.4, 0.5) is 4.79 Å². The van der Waals surface area contributed by atoms with Crippen LogP contribution in [0.15, 0.2) is 0 Å². The van der Waals surface area contributed by atoms with E-state index in [4.69, 9.17) is 5.11 Å². The van der Waals surface area contributed by atoms with E-state index in [0.29, 0.717) is 31.8 Å². The van der Waals surface area contributed by atoms with Gasteiger partial charge in [-0.1, -0.05) is 0 Å². The van der Waals surface area contributed by atoms with Gasteiger partial charge in [-0.3, -0.25) is 9.69 Å². The molecule has 0 aromatic carbocycles. The van der Waals surface area contributed by atoms with E-state index in [1.165, 1.54) is 4.90 Å². The maximum Gasteiger partial charge on any atom is 0.325 e. The molecule has 19 heavy (non-hydrogen) atoms. The quantitative estimate of drug-likeness (QED) is 0.713. The first-order valence-electron chi connectivity index (χ1n) is 6.99. The molecule has 0 aromatic rings. The van der Waals surface area contributed by atoms with Gasteiger partial charge in [0.25, 0.3) is 5.91 Å². The Kier molecular flexibility index (Phi) is 4.10. The zero-order valence-corrected chi connectivity index (χ0v) is 11.7. The van der Waals surface area contributed by atoms with Gasteiger partial charge < -0.3 is 15.3 Å². The largest absolute Gasteiger partial charge is 0.396 e. The van der Waals surface area contributed by atoms with E-state index in [1.54, 1.807) is 0 Å². The lowest BCUT2D eigenvalue weighted by Gasteiger charge is -2.39. The number of aliphatic hydroxyl groups excluding tert-OH is 1. The SMILES string of the molecule is CC(C)N1CCC2(CC1)NC(=O)N(CCCO)C2=O. The predicted octanol–water partition coefficient (Wildman–Crippen LogP) is 0.164. The van der Waals surface area contributed by atoms with Crippen molar-refractivity contribution in [2.75, 3.05) is 26.2 Å². The van der Waals surface area contributed by atoms with E-state index in [1.807, 2.05) is 0 Å². The molecule has 0 aliphatic carbocycles. The van der Waals surface area contributed by atoms with Crippen molar-refractivity contribution in [3.8, 4) is 0 Å². The molecule has 2 N–H and O–H groups in total. The van der Waals surface area contributed by atoms with Crippen molar-refractivity contribution in [3.63, 3.8) is 0 Å². The van der Waals surface area contributed by atoms with Gasteiger partial charge in [-0.2, -0.15) is 0 Å². The molecule has 0 bridgehead atoms. The van der Waals surface area contributed by atoms with Crippen molar-refractivity contribution in [1.82, 2.24) is 15.1 Å². The molecule has 1 spiro atoms. The zero-order valence-electron chi connectivity index (χ0n) is 11.7. The Morgan fingerprint density at radius 3 is 2.47 bits per heavy atom. The lowest BCUT2D eigenvalue weighted by atomic mass is 9.87. The number of piperidine rings is 1. The highest BCUT2D eigenvalue weighted by atomic mass is 16.3. The third-order valence-electron chi connectivity index (χ3n) is 4.17. The van der Waals surface area contributed by atoms with Crippen LogP contribution in [0.1, 0.15) is 33.1 Å². The van der Waals surface area contributed by atoms with Crippen LogP contribution in [0.3, 0.4) is 0 Å². The number of carbonyl (C=O) groups is 2. The van der Waals surface area contributed by atoms with E-state index >= 15 is 0 Å². The highest BCUT2D eigenvalue weighted by molar-refractivity contribution is 6.07. The van der Waals surface area contributed by atoms with E-state index in [2.05, 4.69) is 24.1 Å². The molecule has 0 radical (unpaired) electrons. The highest BCUT2D eigenvalue weighted by Crippen LogP contribution is 2.30. The van der Waals surface area contributed by atoms with Crippen molar-refractivity contribution in [2.45, 2.75) is 44.7 Å². The number of aliphatic hydroxyl groups is 1. The number of nitrogens with one attached hydrogen (secondary N) is 1. The number of hydrogen-bond acceptors (Lipinski definition) is 4. The van der Waals surface area contributed by atoms with Crippen LogP contribution in [-0.4, -0.2) is 64.7 Å².